The molecule has 0 saturated heterocycles. The lowest BCUT2D eigenvalue weighted by Gasteiger charge is -2.28. The van der Waals surface area contributed by atoms with Gasteiger partial charge in [0.05, 0.1) is 0 Å². The second-order valence-electron chi connectivity index (χ2n) is 4.40. The molecule has 0 aliphatic heterocycles. The minimum absolute atomic E-state index is 0.0226. The van der Waals surface area contributed by atoms with E-state index >= 15 is 0 Å². The van der Waals surface area contributed by atoms with Gasteiger partial charge in [0.2, 0.25) is 0 Å². The van der Waals surface area contributed by atoms with Gasteiger partial charge in [-0.05, 0) is 30.8 Å². The molecule has 0 unspecified atom stereocenters. The van der Waals surface area contributed by atoms with Crippen molar-refractivity contribution in [3.8, 4) is 0 Å². The van der Waals surface area contributed by atoms with Crippen LogP contribution in [0.3, 0.4) is 0 Å². The van der Waals surface area contributed by atoms with Crippen LogP contribution in [-0.2, 0) is 0 Å². The molecule has 0 aromatic carbocycles. The third-order valence-electron chi connectivity index (χ3n) is 1.99. The SMILES string of the molecule is CN(CCSC(F)(F)F)CC(C)(C)CN. The molecule has 0 aromatic rings. The summed E-state index contributed by atoms with van der Waals surface area (Å²) in [6.45, 7) is 5.67. The molecule has 0 spiro atoms. The number of nitrogens with zero attached hydrogens (tertiary/aromatic N) is 1. The summed E-state index contributed by atoms with van der Waals surface area (Å²) in [7, 11) is 1.81. The third-order valence-corrected chi connectivity index (χ3v) is 2.70. The summed E-state index contributed by atoms with van der Waals surface area (Å²) >= 11 is 0.0226. The van der Waals surface area contributed by atoms with E-state index in [2.05, 4.69) is 0 Å². The lowest BCUT2D eigenvalue weighted by Crippen LogP contribution is -2.37. The fraction of sp³-hybridized carbons (Fsp3) is 1.00. The fourth-order valence-corrected chi connectivity index (χ4v) is 1.83. The molecule has 0 atom stereocenters. The van der Waals surface area contributed by atoms with Gasteiger partial charge in [0.1, 0.15) is 0 Å². The van der Waals surface area contributed by atoms with Crippen LogP contribution < -0.4 is 5.73 Å². The van der Waals surface area contributed by atoms with Gasteiger partial charge in [0.25, 0.3) is 0 Å². The van der Waals surface area contributed by atoms with Gasteiger partial charge < -0.3 is 10.6 Å². The molecule has 2 nitrogen and oxygen atoms in total. The number of thioether (sulfide) groups is 1. The predicted molar refractivity (Wildman–Crippen MR) is 58.8 cm³/mol. The van der Waals surface area contributed by atoms with Gasteiger partial charge >= 0.3 is 5.51 Å². The molecule has 0 fully saturated rings. The largest absolute Gasteiger partial charge is 0.441 e. The Morgan fingerprint density at radius 2 is 1.80 bits per heavy atom. The minimum Gasteiger partial charge on any atom is -0.330 e. The lowest BCUT2D eigenvalue weighted by molar-refractivity contribution is -0.0328. The molecule has 0 aliphatic carbocycles. The van der Waals surface area contributed by atoms with E-state index in [1.807, 2.05) is 25.8 Å². The standard InChI is InChI=1S/C9H19F3N2S/c1-8(2,6-13)7-14(3)4-5-15-9(10,11)12/h4-7,13H2,1-3H3. The van der Waals surface area contributed by atoms with Gasteiger partial charge in [0.15, 0.2) is 0 Å². The van der Waals surface area contributed by atoms with Gasteiger partial charge in [-0.2, -0.15) is 13.2 Å². The predicted octanol–water partition coefficient (Wildman–Crippen LogP) is 2.16. The molecular formula is C9H19F3N2S. The highest BCUT2D eigenvalue weighted by molar-refractivity contribution is 8.00. The Bertz CT molecular complexity index is 183. The van der Waals surface area contributed by atoms with Crippen LogP contribution >= 0.6 is 11.8 Å². The van der Waals surface area contributed by atoms with Gasteiger partial charge in [-0.1, -0.05) is 13.8 Å². The van der Waals surface area contributed by atoms with Gasteiger partial charge in [-0.3, -0.25) is 0 Å². The van der Waals surface area contributed by atoms with Crippen molar-refractivity contribution >= 4 is 11.8 Å². The van der Waals surface area contributed by atoms with Crippen LogP contribution in [0, 0.1) is 5.41 Å². The van der Waals surface area contributed by atoms with E-state index in [0.717, 1.165) is 0 Å². The van der Waals surface area contributed by atoms with E-state index in [1.54, 1.807) is 0 Å². The van der Waals surface area contributed by atoms with E-state index in [9.17, 15) is 13.2 Å². The molecule has 0 heterocycles. The van der Waals surface area contributed by atoms with E-state index < -0.39 is 5.51 Å². The molecule has 92 valence electrons. The van der Waals surface area contributed by atoms with Crippen molar-refractivity contribution in [3.63, 3.8) is 0 Å². The molecular weight excluding hydrogens is 225 g/mol. The first kappa shape index (κ1) is 15.1. The molecule has 0 aromatic heterocycles. The molecule has 0 amide bonds. The highest BCUT2D eigenvalue weighted by Crippen LogP contribution is 2.29. The van der Waals surface area contributed by atoms with Crippen LogP contribution in [0.2, 0.25) is 0 Å². The molecule has 0 rings (SSSR count). The van der Waals surface area contributed by atoms with Crippen LogP contribution in [0.5, 0.6) is 0 Å². The van der Waals surface area contributed by atoms with Crippen molar-refractivity contribution < 1.29 is 13.2 Å². The molecule has 6 heteroatoms. The first-order chi connectivity index (χ1) is 6.66. The van der Waals surface area contributed by atoms with Gasteiger partial charge in [-0.25, -0.2) is 0 Å². The smallest absolute Gasteiger partial charge is 0.330 e. The van der Waals surface area contributed by atoms with Gasteiger partial charge in [-0.15, -0.1) is 0 Å². The van der Waals surface area contributed by atoms with Crippen molar-refractivity contribution in [1.82, 2.24) is 4.90 Å². The molecule has 0 radical (unpaired) electrons. The first-order valence-corrected chi connectivity index (χ1v) is 5.74. The minimum atomic E-state index is -4.12. The number of rotatable bonds is 6. The summed E-state index contributed by atoms with van der Waals surface area (Å²) in [5, 5.41) is 0. The van der Waals surface area contributed by atoms with Crippen molar-refractivity contribution in [2.45, 2.75) is 19.4 Å². The average Bonchev–Trinajstić information content (AvgIpc) is 2.00. The summed E-state index contributed by atoms with van der Waals surface area (Å²) in [6.07, 6.45) is 0. The van der Waals surface area contributed by atoms with Gasteiger partial charge in [0, 0.05) is 18.8 Å². The topological polar surface area (TPSA) is 29.3 Å². The van der Waals surface area contributed by atoms with Crippen molar-refractivity contribution in [1.29, 1.82) is 0 Å². The Morgan fingerprint density at radius 3 is 2.20 bits per heavy atom. The van der Waals surface area contributed by atoms with Crippen LogP contribution in [0.15, 0.2) is 0 Å². The molecule has 0 bridgehead atoms. The Balaban J connectivity index is 3.71. The summed E-state index contributed by atoms with van der Waals surface area (Å²) in [4.78, 5) is 1.88. The van der Waals surface area contributed by atoms with Crippen LogP contribution in [0.1, 0.15) is 13.8 Å². The van der Waals surface area contributed by atoms with Crippen LogP contribution in [-0.4, -0.2) is 42.8 Å². The highest BCUT2D eigenvalue weighted by atomic mass is 32.2. The first-order valence-electron chi connectivity index (χ1n) is 4.75. The zero-order valence-corrected chi connectivity index (χ0v) is 10.2. The Labute approximate surface area is 93.4 Å². The van der Waals surface area contributed by atoms with Crippen LogP contribution in [0.25, 0.3) is 0 Å². The molecule has 0 aliphatic rings. The molecule has 0 saturated carbocycles. The normalized spacial score (nSPS) is 13.6. The Morgan fingerprint density at radius 1 is 1.27 bits per heavy atom. The second kappa shape index (κ2) is 5.96. The van der Waals surface area contributed by atoms with E-state index in [-0.39, 0.29) is 22.9 Å². The zero-order valence-electron chi connectivity index (χ0n) is 9.40. The number of halogens is 3. The second-order valence-corrected chi connectivity index (χ2v) is 5.56. The number of nitrogens with two attached hydrogens (primary N) is 1. The Kier molecular flexibility index (Phi) is 5.98. The zero-order chi connectivity index (χ0) is 12.1. The third kappa shape index (κ3) is 9.02. The summed E-state index contributed by atoms with van der Waals surface area (Å²) < 4.78 is 35.5. The number of hydrogen-bond acceptors (Lipinski definition) is 3. The lowest BCUT2D eigenvalue weighted by atomic mass is 9.93. The van der Waals surface area contributed by atoms with E-state index in [1.165, 1.54) is 0 Å². The van der Waals surface area contributed by atoms with Crippen molar-refractivity contribution in [2.24, 2.45) is 11.1 Å². The van der Waals surface area contributed by atoms with Crippen LogP contribution in [0.4, 0.5) is 13.2 Å². The number of hydrogen-bond donors (Lipinski definition) is 1. The number of alkyl halides is 3. The van der Waals surface area contributed by atoms with Crippen molar-refractivity contribution in [2.75, 3.05) is 32.4 Å². The summed E-state index contributed by atoms with van der Waals surface area (Å²) in [5.41, 5.74) is 1.38. The summed E-state index contributed by atoms with van der Waals surface area (Å²) in [5.74, 6) is 0.0701. The maximum atomic E-state index is 11.8. The Hall–Kier alpha value is 0.0600. The average molecular weight is 244 g/mol. The maximum Gasteiger partial charge on any atom is 0.441 e. The highest BCUT2D eigenvalue weighted by Gasteiger charge is 2.28. The van der Waals surface area contributed by atoms with E-state index in [4.69, 9.17) is 5.73 Å². The van der Waals surface area contributed by atoms with Crippen molar-refractivity contribution in [3.05, 3.63) is 0 Å². The summed E-state index contributed by atoms with van der Waals surface area (Å²) in [6, 6.07) is 0. The monoisotopic (exact) mass is 244 g/mol. The maximum absolute atomic E-state index is 11.8. The fourth-order valence-electron chi connectivity index (χ4n) is 1.19. The molecule has 15 heavy (non-hydrogen) atoms. The quantitative estimate of drug-likeness (QED) is 0.776. The van der Waals surface area contributed by atoms with E-state index in [0.29, 0.717) is 19.6 Å². The molecule has 2 N–H and O–H groups in total.